The fourth-order valence-electron chi connectivity index (χ4n) is 4.93. The third kappa shape index (κ3) is 3.37. The molecular formula is C23H30N2O3. The van der Waals surface area contributed by atoms with Crippen molar-refractivity contribution in [2.75, 3.05) is 26.8 Å². The molecule has 1 heterocycles. The molecule has 1 unspecified atom stereocenters. The van der Waals surface area contributed by atoms with E-state index in [1.54, 1.807) is 7.11 Å². The number of likely N-dealkylation sites (tertiary alicyclic amines) is 1. The monoisotopic (exact) mass is 382 g/mol. The molecule has 2 aliphatic carbocycles. The Hall–Kier alpha value is -2.14. The van der Waals surface area contributed by atoms with Gasteiger partial charge in [0, 0.05) is 37.7 Å². The molecule has 0 spiro atoms. The van der Waals surface area contributed by atoms with E-state index >= 15 is 0 Å². The van der Waals surface area contributed by atoms with Crippen molar-refractivity contribution in [3.63, 3.8) is 0 Å². The minimum Gasteiger partial charge on any atom is -0.383 e. The minimum atomic E-state index is -0.351. The molecule has 1 N–H and O–H groups in total. The molecular weight excluding hydrogens is 352 g/mol. The summed E-state index contributed by atoms with van der Waals surface area (Å²) in [4.78, 5) is 27.6. The first kappa shape index (κ1) is 19.2. The number of allylic oxidation sites excluding steroid dienone is 1. The molecule has 1 aromatic carbocycles. The SMILES string of the molecule is COCCN1C(=O)CCC2(CNC(=O)C3(c4ccccc4)CC3)CCCC=C12. The van der Waals surface area contributed by atoms with Gasteiger partial charge in [-0.3, -0.25) is 9.59 Å². The van der Waals surface area contributed by atoms with Crippen molar-refractivity contribution in [2.45, 2.75) is 50.4 Å². The summed E-state index contributed by atoms with van der Waals surface area (Å²) >= 11 is 0. The number of nitrogens with one attached hydrogen (secondary N) is 1. The van der Waals surface area contributed by atoms with Gasteiger partial charge in [-0.15, -0.1) is 0 Å². The number of rotatable bonds is 7. The molecule has 1 saturated carbocycles. The molecule has 28 heavy (non-hydrogen) atoms. The lowest BCUT2D eigenvalue weighted by Gasteiger charge is -2.47. The van der Waals surface area contributed by atoms with E-state index in [1.165, 1.54) is 0 Å². The number of amides is 2. The second kappa shape index (κ2) is 7.70. The normalized spacial score (nSPS) is 25.7. The van der Waals surface area contributed by atoms with Crippen molar-refractivity contribution < 1.29 is 14.3 Å². The van der Waals surface area contributed by atoms with Crippen molar-refractivity contribution in [1.29, 1.82) is 0 Å². The van der Waals surface area contributed by atoms with E-state index in [2.05, 4.69) is 23.5 Å². The van der Waals surface area contributed by atoms with Gasteiger partial charge in [-0.2, -0.15) is 0 Å². The Bertz CT molecular complexity index is 769. The average Bonchev–Trinajstić information content (AvgIpc) is 3.54. The molecule has 150 valence electrons. The second-order valence-corrected chi connectivity index (χ2v) is 8.43. The average molecular weight is 383 g/mol. The van der Waals surface area contributed by atoms with Crippen LogP contribution in [0.1, 0.15) is 50.5 Å². The van der Waals surface area contributed by atoms with Crippen molar-refractivity contribution in [3.8, 4) is 0 Å². The first-order valence-electron chi connectivity index (χ1n) is 10.5. The highest BCUT2D eigenvalue weighted by Gasteiger charge is 2.52. The van der Waals surface area contributed by atoms with Crippen LogP contribution in [0.2, 0.25) is 0 Å². The maximum atomic E-state index is 13.1. The van der Waals surface area contributed by atoms with E-state index in [0.29, 0.717) is 26.1 Å². The number of nitrogens with zero attached hydrogens (tertiary/aromatic N) is 1. The smallest absolute Gasteiger partial charge is 0.230 e. The lowest BCUT2D eigenvalue weighted by molar-refractivity contribution is -0.134. The van der Waals surface area contributed by atoms with Gasteiger partial charge < -0.3 is 15.0 Å². The van der Waals surface area contributed by atoms with E-state index < -0.39 is 0 Å². The van der Waals surface area contributed by atoms with Gasteiger partial charge in [-0.25, -0.2) is 0 Å². The fourth-order valence-corrected chi connectivity index (χ4v) is 4.93. The first-order valence-corrected chi connectivity index (χ1v) is 10.5. The Morgan fingerprint density at radius 3 is 2.68 bits per heavy atom. The quantitative estimate of drug-likeness (QED) is 0.788. The molecule has 5 heteroatoms. The van der Waals surface area contributed by atoms with Gasteiger partial charge in [0.25, 0.3) is 0 Å². The lowest BCUT2D eigenvalue weighted by Crippen LogP contribution is -2.52. The number of carbonyl (C=O) groups excluding carboxylic acids is 2. The summed E-state index contributed by atoms with van der Waals surface area (Å²) < 4.78 is 5.21. The van der Waals surface area contributed by atoms with Crippen LogP contribution in [0, 0.1) is 5.41 Å². The largest absolute Gasteiger partial charge is 0.383 e. The van der Waals surface area contributed by atoms with Crippen LogP contribution in [0.15, 0.2) is 42.1 Å². The maximum Gasteiger partial charge on any atom is 0.230 e. The van der Waals surface area contributed by atoms with Crippen molar-refractivity contribution in [3.05, 3.63) is 47.7 Å². The number of piperidine rings is 1. The topological polar surface area (TPSA) is 58.6 Å². The number of ether oxygens (including phenoxy) is 1. The Kier molecular flexibility index (Phi) is 5.28. The predicted molar refractivity (Wildman–Crippen MR) is 108 cm³/mol. The molecule has 3 aliphatic rings. The Morgan fingerprint density at radius 2 is 1.96 bits per heavy atom. The van der Waals surface area contributed by atoms with E-state index in [1.807, 2.05) is 23.1 Å². The molecule has 5 nitrogen and oxygen atoms in total. The molecule has 4 rings (SSSR count). The number of methoxy groups -OCH3 is 1. The predicted octanol–water partition coefficient (Wildman–Crippen LogP) is 3.16. The molecule has 1 atom stereocenters. The number of benzene rings is 1. The van der Waals surface area contributed by atoms with Crippen LogP contribution in [0.5, 0.6) is 0 Å². The highest BCUT2D eigenvalue weighted by Crippen LogP contribution is 2.49. The van der Waals surface area contributed by atoms with E-state index in [4.69, 9.17) is 4.74 Å². The van der Waals surface area contributed by atoms with Crippen molar-refractivity contribution in [1.82, 2.24) is 10.2 Å². The Balaban J connectivity index is 1.50. The molecule has 0 radical (unpaired) electrons. The molecule has 0 bridgehead atoms. The number of fused-ring (bicyclic) bond motifs is 1. The van der Waals surface area contributed by atoms with Crippen LogP contribution < -0.4 is 5.32 Å². The zero-order valence-electron chi connectivity index (χ0n) is 16.7. The summed E-state index contributed by atoms with van der Waals surface area (Å²) in [6.07, 6.45) is 8.53. The van der Waals surface area contributed by atoms with Gasteiger partial charge in [-0.1, -0.05) is 36.4 Å². The first-order chi connectivity index (χ1) is 13.6. The van der Waals surface area contributed by atoms with E-state index in [-0.39, 0.29) is 22.6 Å². The highest BCUT2D eigenvalue weighted by molar-refractivity contribution is 5.91. The zero-order chi connectivity index (χ0) is 19.6. The summed E-state index contributed by atoms with van der Waals surface area (Å²) in [5.74, 6) is 0.313. The van der Waals surface area contributed by atoms with Crippen LogP contribution in [0.4, 0.5) is 0 Å². The summed E-state index contributed by atoms with van der Waals surface area (Å²) in [5, 5.41) is 3.29. The van der Waals surface area contributed by atoms with Crippen LogP contribution in [0.3, 0.4) is 0 Å². The van der Waals surface area contributed by atoms with Crippen LogP contribution in [-0.2, 0) is 19.7 Å². The summed E-state index contributed by atoms with van der Waals surface area (Å²) in [7, 11) is 1.66. The molecule has 1 aromatic rings. The molecule has 1 saturated heterocycles. The Labute approximate surface area is 167 Å². The minimum absolute atomic E-state index is 0.123. The van der Waals surface area contributed by atoms with Gasteiger partial charge in [-0.05, 0) is 44.1 Å². The summed E-state index contributed by atoms with van der Waals surface area (Å²) in [5.41, 5.74) is 1.75. The fraction of sp³-hybridized carbons (Fsp3) is 0.565. The maximum absolute atomic E-state index is 13.1. The number of hydrogen-bond acceptors (Lipinski definition) is 3. The second-order valence-electron chi connectivity index (χ2n) is 8.43. The molecule has 1 aliphatic heterocycles. The van der Waals surface area contributed by atoms with Crippen LogP contribution >= 0.6 is 0 Å². The molecule has 2 amide bonds. The highest BCUT2D eigenvalue weighted by atomic mass is 16.5. The van der Waals surface area contributed by atoms with E-state index in [0.717, 1.165) is 49.8 Å². The Morgan fingerprint density at radius 1 is 1.18 bits per heavy atom. The van der Waals surface area contributed by atoms with Crippen molar-refractivity contribution >= 4 is 11.8 Å². The van der Waals surface area contributed by atoms with Crippen LogP contribution in [0.25, 0.3) is 0 Å². The van der Waals surface area contributed by atoms with Crippen molar-refractivity contribution in [2.24, 2.45) is 5.41 Å². The van der Waals surface area contributed by atoms with Gasteiger partial charge in [0.2, 0.25) is 11.8 Å². The van der Waals surface area contributed by atoms with E-state index in [9.17, 15) is 9.59 Å². The number of carbonyl (C=O) groups is 2. The third-order valence-electron chi connectivity index (χ3n) is 6.77. The number of hydrogen-bond donors (Lipinski definition) is 1. The van der Waals surface area contributed by atoms with Gasteiger partial charge >= 0.3 is 0 Å². The summed E-state index contributed by atoms with van der Waals surface area (Å²) in [6, 6.07) is 10.1. The molecule has 0 aromatic heterocycles. The van der Waals surface area contributed by atoms with Gasteiger partial charge in [0.05, 0.1) is 12.0 Å². The van der Waals surface area contributed by atoms with Gasteiger partial charge in [0.15, 0.2) is 0 Å². The van der Waals surface area contributed by atoms with Gasteiger partial charge in [0.1, 0.15) is 0 Å². The van der Waals surface area contributed by atoms with Crippen LogP contribution in [-0.4, -0.2) is 43.5 Å². The lowest BCUT2D eigenvalue weighted by atomic mass is 9.69. The standard InChI is InChI=1S/C23H30N2O3/c1-28-16-15-25-19-9-5-6-11-22(19,12-10-20(25)26)17-24-21(27)23(13-14-23)18-7-3-2-4-8-18/h2-4,7-9H,5-6,10-17H2,1H3,(H,24,27). The molecule has 2 fully saturated rings. The zero-order valence-corrected chi connectivity index (χ0v) is 16.7. The summed E-state index contributed by atoms with van der Waals surface area (Å²) in [6.45, 7) is 1.73. The third-order valence-corrected chi connectivity index (χ3v) is 6.77.